The normalized spacial score (nSPS) is 11.1. The number of nitrogens with zero attached hydrogens (tertiary/aromatic N) is 1. The highest BCUT2D eigenvalue weighted by molar-refractivity contribution is 5.85. The van der Waals surface area contributed by atoms with Gasteiger partial charge in [0.25, 0.3) is 0 Å². The molecule has 0 aliphatic carbocycles. The molecule has 0 saturated carbocycles. The van der Waals surface area contributed by atoms with E-state index in [2.05, 4.69) is 18.7 Å². The molecule has 0 saturated heterocycles. The topological polar surface area (TPSA) is 49.8 Å². The van der Waals surface area contributed by atoms with Gasteiger partial charge in [0, 0.05) is 6.54 Å². The van der Waals surface area contributed by atoms with Crippen molar-refractivity contribution in [2.24, 2.45) is 0 Å². The van der Waals surface area contributed by atoms with Gasteiger partial charge in [-0.25, -0.2) is 0 Å². The van der Waals surface area contributed by atoms with Crippen LogP contribution in [-0.4, -0.2) is 42.2 Å². The van der Waals surface area contributed by atoms with Crippen LogP contribution in [0.15, 0.2) is 60.7 Å². The molecule has 1 N–H and O–H groups in total. The van der Waals surface area contributed by atoms with E-state index < -0.39 is 11.6 Å². The molecule has 2 rings (SSSR count). The second kappa shape index (κ2) is 11.0. The molecule has 0 bridgehead atoms. The first-order chi connectivity index (χ1) is 12.1. The Morgan fingerprint density at radius 2 is 1.42 bits per heavy atom. The average Bonchev–Trinajstić information content (AvgIpc) is 2.66. The van der Waals surface area contributed by atoms with Gasteiger partial charge in [-0.05, 0) is 24.2 Å². The molecule has 0 radical (unpaired) electrons. The fourth-order valence-corrected chi connectivity index (χ4v) is 2.89. The number of aliphatic hydroxyl groups is 1. The summed E-state index contributed by atoms with van der Waals surface area (Å²) in [4.78, 5) is 14.6. The molecule has 5 heteroatoms. The summed E-state index contributed by atoms with van der Waals surface area (Å²) in [5.74, 6) is -0.401. The van der Waals surface area contributed by atoms with Crippen molar-refractivity contribution in [3.63, 3.8) is 0 Å². The van der Waals surface area contributed by atoms with Crippen LogP contribution in [0.2, 0.25) is 0 Å². The van der Waals surface area contributed by atoms with Gasteiger partial charge in [-0.15, -0.1) is 12.4 Å². The Morgan fingerprint density at radius 3 is 1.85 bits per heavy atom. The number of esters is 1. The van der Waals surface area contributed by atoms with Crippen LogP contribution in [0.25, 0.3) is 0 Å². The van der Waals surface area contributed by atoms with Crippen molar-refractivity contribution in [1.82, 2.24) is 4.90 Å². The zero-order chi connectivity index (χ0) is 18.1. The third kappa shape index (κ3) is 5.84. The Labute approximate surface area is 162 Å². The lowest BCUT2D eigenvalue weighted by Gasteiger charge is -2.28. The second-order valence-corrected chi connectivity index (χ2v) is 6.02. The molecule has 26 heavy (non-hydrogen) atoms. The van der Waals surface area contributed by atoms with Gasteiger partial charge in [0.1, 0.15) is 12.2 Å². The molecule has 2 aromatic rings. The van der Waals surface area contributed by atoms with Crippen molar-refractivity contribution in [2.45, 2.75) is 25.9 Å². The predicted molar refractivity (Wildman–Crippen MR) is 106 cm³/mol. The fraction of sp³-hybridized carbons (Fsp3) is 0.381. The van der Waals surface area contributed by atoms with Crippen molar-refractivity contribution in [1.29, 1.82) is 0 Å². The molecule has 0 atom stereocenters. The Balaban J connectivity index is 0.00000338. The van der Waals surface area contributed by atoms with Gasteiger partial charge in [0.05, 0.1) is 6.42 Å². The summed E-state index contributed by atoms with van der Waals surface area (Å²) in [5.41, 5.74) is -0.0294. The van der Waals surface area contributed by atoms with E-state index in [-0.39, 0.29) is 18.8 Å². The standard InChI is InChI=1S/C21H27NO3.ClH/c1-3-22(4-2)15-16-25-20(23)17-21(24,18-11-7-5-8-12-18)19-13-9-6-10-14-19;/h5-14,24H,3-4,15-17H2,1-2H3;1H. The molecule has 0 unspecified atom stereocenters. The smallest absolute Gasteiger partial charge is 0.309 e. The number of benzene rings is 2. The maximum atomic E-state index is 12.4. The average molecular weight is 378 g/mol. The van der Waals surface area contributed by atoms with E-state index in [1.54, 1.807) is 0 Å². The minimum absolute atomic E-state index is 0. The molecule has 0 heterocycles. The molecule has 2 aromatic carbocycles. The Hall–Kier alpha value is -1.88. The first-order valence-corrected chi connectivity index (χ1v) is 8.81. The maximum absolute atomic E-state index is 12.4. The van der Waals surface area contributed by atoms with Gasteiger partial charge in [0.2, 0.25) is 0 Å². The van der Waals surface area contributed by atoms with Crippen LogP contribution < -0.4 is 0 Å². The minimum Gasteiger partial charge on any atom is -0.464 e. The molecule has 0 fully saturated rings. The molecule has 0 aliphatic heterocycles. The molecular formula is C21H28ClNO3. The first-order valence-electron chi connectivity index (χ1n) is 8.81. The highest BCUT2D eigenvalue weighted by atomic mass is 35.5. The van der Waals surface area contributed by atoms with E-state index in [1.165, 1.54) is 0 Å². The molecule has 0 aromatic heterocycles. The number of ether oxygens (including phenoxy) is 1. The summed E-state index contributed by atoms with van der Waals surface area (Å²) < 4.78 is 5.37. The Bertz CT molecular complexity index is 605. The van der Waals surface area contributed by atoms with Crippen LogP contribution >= 0.6 is 12.4 Å². The number of hydrogen-bond acceptors (Lipinski definition) is 4. The fourth-order valence-electron chi connectivity index (χ4n) is 2.89. The summed E-state index contributed by atoms with van der Waals surface area (Å²) >= 11 is 0. The third-order valence-corrected chi connectivity index (χ3v) is 4.47. The van der Waals surface area contributed by atoms with Crippen molar-refractivity contribution in [3.05, 3.63) is 71.8 Å². The van der Waals surface area contributed by atoms with Crippen LogP contribution in [0.4, 0.5) is 0 Å². The number of rotatable bonds is 9. The number of hydrogen-bond donors (Lipinski definition) is 1. The lowest BCUT2D eigenvalue weighted by atomic mass is 9.83. The third-order valence-electron chi connectivity index (χ3n) is 4.47. The van der Waals surface area contributed by atoms with E-state index in [0.717, 1.165) is 13.1 Å². The highest BCUT2D eigenvalue weighted by Gasteiger charge is 2.34. The van der Waals surface area contributed by atoms with Crippen molar-refractivity contribution in [3.8, 4) is 0 Å². The van der Waals surface area contributed by atoms with E-state index in [9.17, 15) is 9.90 Å². The van der Waals surface area contributed by atoms with Gasteiger partial charge >= 0.3 is 5.97 Å². The first kappa shape index (κ1) is 22.2. The molecule has 142 valence electrons. The van der Waals surface area contributed by atoms with Crippen molar-refractivity contribution >= 4 is 18.4 Å². The number of halogens is 1. The van der Waals surface area contributed by atoms with E-state index in [4.69, 9.17) is 4.74 Å². The Morgan fingerprint density at radius 1 is 0.962 bits per heavy atom. The van der Waals surface area contributed by atoms with Crippen LogP contribution in [0.1, 0.15) is 31.4 Å². The number of carbonyl (C=O) groups is 1. The van der Waals surface area contributed by atoms with Crippen LogP contribution in [0.5, 0.6) is 0 Å². The summed E-state index contributed by atoms with van der Waals surface area (Å²) in [6.07, 6.45) is -0.112. The molecular weight excluding hydrogens is 350 g/mol. The lowest BCUT2D eigenvalue weighted by Crippen LogP contribution is -2.33. The molecule has 0 aliphatic rings. The molecule has 4 nitrogen and oxygen atoms in total. The predicted octanol–water partition coefficient (Wildman–Crippen LogP) is 3.62. The summed E-state index contributed by atoms with van der Waals surface area (Å²) in [7, 11) is 0. The SMILES string of the molecule is CCN(CC)CCOC(=O)CC(O)(c1ccccc1)c1ccccc1.Cl. The maximum Gasteiger partial charge on any atom is 0.309 e. The molecule has 0 spiro atoms. The van der Waals surface area contributed by atoms with Gasteiger partial charge in [0.15, 0.2) is 0 Å². The zero-order valence-electron chi connectivity index (χ0n) is 15.4. The summed E-state index contributed by atoms with van der Waals surface area (Å²) in [5, 5.41) is 11.3. The van der Waals surface area contributed by atoms with Crippen LogP contribution in [-0.2, 0) is 15.1 Å². The van der Waals surface area contributed by atoms with Crippen LogP contribution in [0, 0.1) is 0 Å². The van der Waals surface area contributed by atoms with Gasteiger partial charge in [-0.1, -0.05) is 74.5 Å². The van der Waals surface area contributed by atoms with Gasteiger partial charge in [-0.2, -0.15) is 0 Å². The largest absolute Gasteiger partial charge is 0.464 e. The van der Waals surface area contributed by atoms with Crippen molar-refractivity contribution < 1.29 is 14.6 Å². The number of likely N-dealkylation sites (N-methyl/N-ethyl adjacent to an activating group) is 1. The van der Waals surface area contributed by atoms with Gasteiger partial charge < -0.3 is 14.7 Å². The minimum atomic E-state index is -1.39. The summed E-state index contributed by atoms with van der Waals surface area (Å²) in [6.45, 7) is 7.04. The van der Waals surface area contributed by atoms with Gasteiger partial charge in [-0.3, -0.25) is 4.79 Å². The molecule has 0 amide bonds. The zero-order valence-corrected chi connectivity index (χ0v) is 16.2. The monoisotopic (exact) mass is 377 g/mol. The summed E-state index contributed by atoms with van der Waals surface area (Å²) in [6, 6.07) is 18.5. The van der Waals surface area contributed by atoms with Crippen molar-refractivity contribution in [2.75, 3.05) is 26.2 Å². The van der Waals surface area contributed by atoms with E-state index >= 15 is 0 Å². The second-order valence-electron chi connectivity index (χ2n) is 6.02. The lowest BCUT2D eigenvalue weighted by molar-refractivity contribution is -0.148. The quantitative estimate of drug-likeness (QED) is 0.678. The highest BCUT2D eigenvalue weighted by Crippen LogP contribution is 2.33. The Kier molecular flexibility index (Phi) is 9.35. The van der Waals surface area contributed by atoms with E-state index in [1.807, 2.05) is 60.7 Å². The number of carbonyl (C=O) groups excluding carboxylic acids is 1. The van der Waals surface area contributed by atoms with Crippen LogP contribution in [0.3, 0.4) is 0 Å². The van der Waals surface area contributed by atoms with E-state index in [0.29, 0.717) is 24.3 Å².